The first-order valence-electron chi connectivity index (χ1n) is 10.1. The predicted molar refractivity (Wildman–Crippen MR) is 116 cm³/mol. The van der Waals surface area contributed by atoms with Crippen LogP contribution in [0.15, 0.2) is 53.5 Å². The number of amides is 1. The molecule has 6 nitrogen and oxygen atoms in total. The number of ether oxygens (including phenoxy) is 1. The van der Waals surface area contributed by atoms with Gasteiger partial charge in [0.05, 0.1) is 6.10 Å². The minimum atomic E-state index is 0.00442. The van der Waals surface area contributed by atoms with Gasteiger partial charge in [-0.1, -0.05) is 30.3 Å². The molecule has 6 heteroatoms. The monoisotopic (exact) mass is 394 g/mol. The number of aliphatic imine (C=N–C) groups is 1. The topological polar surface area (TPSA) is 66.0 Å². The van der Waals surface area contributed by atoms with Crippen LogP contribution in [0.5, 0.6) is 5.75 Å². The van der Waals surface area contributed by atoms with Crippen LogP contribution in [0.4, 0.5) is 0 Å². The SMILES string of the molecule is CN=C(NCc1ccc(C(=O)N(C)C)cc1)NCc1ccccc1OC1CCC1. The van der Waals surface area contributed by atoms with Crippen LogP contribution in [0.3, 0.4) is 0 Å². The van der Waals surface area contributed by atoms with Gasteiger partial charge in [0.25, 0.3) is 5.91 Å². The Balaban J connectivity index is 1.52. The van der Waals surface area contributed by atoms with Gasteiger partial charge in [-0.05, 0) is 43.0 Å². The normalized spacial score (nSPS) is 14.1. The molecule has 2 aromatic rings. The van der Waals surface area contributed by atoms with Crippen molar-refractivity contribution >= 4 is 11.9 Å². The molecule has 1 saturated carbocycles. The first kappa shape index (κ1) is 20.7. The smallest absolute Gasteiger partial charge is 0.253 e. The van der Waals surface area contributed by atoms with Gasteiger partial charge in [-0.15, -0.1) is 0 Å². The van der Waals surface area contributed by atoms with E-state index in [4.69, 9.17) is 4.74 Å². The molecule has 2 aromatic carbocycles. The van der Waals surface area contributed by atoms with E-state index in [0.29, 0.717) is 24.8 Å². The molecule has 2 N–H and O–H groups in total. The van der Waals surface area contributed by atoms with Crippen LogP contribution in [0.1, 0.15) is 40.7 Å². The lowest BCUT2D eigenvalue weighted by molar-refractivity contribution is 0.0827. The summed E-state index contributed by atoms with van der Waals surface area (Å²) in [5, 5.41) is 6.66. The molecule has 0 bridgehead atoms. The summed E-state index contributed by atoms with van der Waals surface area (Å²) in [5.41, 5.74) is 2.88. The van der Waals surface area contributed by atoms with Crippen molar-refractivity contribution in [3.05, 3.63) is 65.2 Å². The van der Waals surface area contributed by atoms with Gasteiger partial charge in [-0.25, -0.2) is 0 Å². The first-order chi connectivity index (χ1) is 14.1. The number of guanidine groups is 1. The van der Waals surface area contributed by atoms with Crippen molar-refractivity contribution in [1.29, 1.82) is 0 Å². The van der Waals surface area contributed by atoms with Crippen LogP contribution in [-0.2, 0) is 13.1 Å². The molecule has 0 spiro atoms. The van der Waals surface area contributed by atoms with Crippen LogP contribution >= 0.6 is 0 Å². The maximum Gasteiger partial charge on any atom is 0.253 e. The minimum absolute atomic E-state index is 0.00442. The van der Waals surface area contributed by atoms with Crippen LogP contribution in [0, 0.1) is 0 Å². The van der Waals surface area contributed by atoms with Crippen LogP contribution < -0.4 is 15.4 Å². The van der Waals surface area contributed by atoms with Crippen LogP contribution in [-0.4, -0.2) is 44.0 Å². The summed E-state index contributed by atoms with van der Waals surface area (Å²) in [7, 11) is 5.26. The average Bonchev–Trinajstić information content (AvgIpc) is 2.71. The van der Waals surface area contributed by atoms with Gasteiger partial charge in [0.1, 0.15) is 5.75 Å². The quantitative estimate of drug-likeness (QED) is 0.559. The van der Waals surface area contributed by atoms with Gasteiger partial charge >= 0.3 is 0 Å². The van der Waals surface area contributed by atoms with E-state index in [0.717, 1.165) is 35.7 Å². The Labute approximate surface area is 173 Å². The molecule has 0 aliphatic heterocycles. The number of carbonyl (C=O) groups excluding carboxylic acids is 1. The fourth-order valence-corrected chi connectivity index (χ4v) is 3.04. The first-order valence-corrected chi connectivity index (χ1v) is 10.1. The Bertz CT molecular complexity index is 842. The number of rotatable bonds is 7. The summed E-state index contributed by atoms with van der Waals surface area (Å²) in [6, 6.07) is 15.8. The number of hydrogen-bond donors (Lipinski definition) is 2. The van der Waals surface area contributed by atoms with E-state index < -0.39 is 0 Å². The van der Waals surface area contributed by atoms with Crippen LogP contribution in [0.2, 0.25) is 0 Å². The molecule has 0 saturated heterocycles. The van der Waals surface area contributed by atoms with Crippen molar-refractivity contribution in [2.45, 2.75) is 38.5 Å². The van der Waals surface area contributed by atoms with Crippen molar-refractivity contribution in [3.8, 4) is 5.75 Å². The number of hydrogen-bond acceptors (Lipinski definition) is 3. The molecule has 0 radical (unpaired) electrons. The summed E-state index contributed by atoms with van der Waals surface area (Å²) in [6.07, 6.45) is 3.90. The number of nitrogens with zero attached hydrogens (tertiary/aromatic N) is 2. The molecule has 1 aliphatic rings. The Morgan fingerprint density at radius 2 is 1.76 bits per heavy atom. The number of para-hydroxylation sites is 1. The zero-order valence-corrected chi connectivity index (χ0v) is 17.4. The van der Waals surface area contributed by atoms with Gasteiger partial charge in [0.15, 0.2) is 5.96 Å². The molecule has 3 rings (SSSR count). The lowest BCUT2D eigenvalue weighted by atomic mass is 9.96. The maximum atomic E-state index is 12.0. The van der Waals surface area contributed by atoms with Crippen molar-refractivity contribution in [1.82, 2.24) is 15.5 Å². The molecule has 0 atom stereocenters. The number of benzene rings is 2. The highest BCUT2D eigenvalue weighted by Gasteiger charge is 2.20. The van der Waals surface area contributed by atoms with E-state index in [9.17, 15) is 4.79 Å². The molecule has 0 unspecified atom stereocenters. The van der Waals surface area contributed by atoms with Crippen molar-refractivity contribution in [2.24, 2.45) is 4.99 Å². The van der Waals surface area contributed by atoms with Gasteiger partial charge in [-0.2, -0.15) is 0 Å². The van der Waals surface area contributed by atoms with E-state index in [-0.39, 0.29) is 5.91 Å². The molecule has 1 aliphatic carbocycles. The van der Waals surface area contributed by atoms with Crippen LogP contribution in [0.25, 0.3) is 0 Å². The van der Waals surface area contributed by atoms with Crippen molar-refractivity contribution in [3.63, 3.8) is 0 Å². The molecule has 1 fully saturated rings. The highest BCUT2D eigenvalue weighted by Crippen LogP contribution is 2.27. The molecule has 29 heavy (non-hydrogen) atoms. The number of carbonyl (C=O) groups is 1. The second-order valence-electron chi connectivity index (χ2n) is 7.45. The second kappa shape index (κ2) is 9.96. The third-order valence-corrected chi connectivity index (χ3v) is 5.06. The van der Waals surface area contributed by atoms with E-state index in [1.807, 2.05) is 42.5 Å². The molecule has 0 aromatic heterocycles. The Morgan fingerprint density at radius 3 is 2.38 bits per heavy atom. The fourth-order valence-electron chi connectivity index (χ4n) is 3.04. The third kappa shape index (κ3) is 5.73. The van der Waals surface area contributed by atoms with E-state index in [2.05, 4.69) is 21.7 Å². The summed E-state index contributed by atoms with van der Waals surface area (Å²) in [5.74, 6) is 1.67. The van der Waals surface area contributed by atoms with Gasteiger partial charge in [0, 0.05) is 45.4 Å². The molecule has 1 amide bonds. The Kier molecular flexibility index (Phi) is 7.11. The summed E-state index contributed by atoms with van der Waals surface area (Å²) < 4.78 is 6.09. The highest BCUT2D eigenvalue weighted by molar-refractivity contribution is 5.93. The molecular formula is C23H30N4O2. The summed E-state index contributed by atoms with van der Waals surface area (Å²) in [6.45, 7) is 1.26. The van der Waals surface area contributed by atoms with Crippen molar-refractivity contribution in [2.75, 3.05) is 21.1 Å². The van der Waals surface area contributed by atoms with Gasteiger partial charge in [-0.3, -0.25) is 9.79 Å². The van der Waals surface area contributed by atoms with Gasteiger partial charge in [0.2, 0.25) is 0 Å². The average molecular weight is 395 g/mol. The zero-order valence-electron chi connectivity index (χ0n) is 17.4. The Hall–Kier alpha value is -3.02. The maximum absolute atomic E-state index is 12.0. The molecule has 154 valence electrons. The van der Waals surface area contributed by atoms with Gasteiger partial charge < -0.3 is 20.3 Å². The second-order valence-corrected chi connectivity index (χ2v) is 7.45. The lowest BCUT2D eigenvalue weighted by Crippen LogP contribution is -2.36. The molecular weight excluding hydrogens is 364 g/mol. The molecule has 0 heterocycles. The largest absolute Gasteiger partial charge is 0.490 e. The lowest BCUT2D eigenvalue weighted by Gasteiger charge is -2.27. The van der Waals surface area contributed by atoms with Crippen molar-refractivity contribution < 1.29 is 9.53 Å². The minimum Gasteiger partial charge on any atom is -0.490 e. The fraction of sp³-hybridized carbons (Fsp3) is 0.391. The Morgan fingerprint density at radius 1 is 1.07 bits per heavy atom. The third-order valence-electron chi connectivity index (χ3n) is 5.06. The highest BCUT2D eigenvalue weighted by atomic mass is 16.5. The summed E-state index contributed by atoms with van der Waals surface area (Å²) in [4.78, 5) is 17.8. The zero-order chi connectivity index (χ0) is 20.6. The van der Waals surface area contributed by atoms with E-state index in [1.54, 1.807) is 26.0 Å². The summed E-state index contributed by atoms with van der Waals surface area (Å²) >= 11 is 0. The van der Waals surface area contributed by atoms with E-state index in [1.165, 1.54) is 6.42 Å². The standard InChI is InChI=1S/C23H30N4O2/c1-24-23(25-15-17-11-13-18(14-12-17)22(28)27(2)3)26-16-19-7-4-5-10-21(19)29-20-8-6-9-20/h4-5,7,10-14,20H,6,8-9,15-16H2,1-3H3,(H2,24,25,26). The predicted octanol–water partition coefficient (Wildman–Crippen LogP) is 3.18. The van der Waals surface area contributed by atoms with E-state index >= 15 is 0 Å². The number of nitrogens with one attached hydrogen (secondary N) is 2.